The highest BCUT2D eigenvalue weighted by Crippen LogP contribution is 2.33. The third kappa shape index (κ3) is 5.66. The van der Waals surface area contributed by atoms with Gasteiger partial charge in [0, 0.05) is 26.1 Å². The number of rotatable bonds is 12. The summed E-state index contributed by atoms with van der Waals surface area (Å²) < 4.78 is 3.46. The molecule has 0 aliphatic carbocycles. The molecule has 180 valence electrons. The summed E-state index contributed by atoms with van der Waals surface area (Å²) >= 11 is 1.69. The summed E-state index contributed by atoms with van der Waals surface area (Å²) in [5, 5.41) is 16.5. The van der Waals surface area contributed by atoms with E-state index in [4.69, 9.17) is 15.8 Å². The van der Waals surface area contributed by atoms with Gasteiger partial charge >= 0.3 is 6.09 Å². The number of imidazole rings is 1. The van der Waals surface area contributed by atoms with Gasteiger partial charge in [0.25, 0.3) is 0 Å². The van der Waals surface area contributed by atoms with Gasteiger partial charge in [0.15, 0.2) is 5.82 Å². The van der Waals surface area contributed by atoms with Crippen LogP contribution >= 0.6 is 11.3 Å². The highest BCUT2D eigenvalue weighted by atomic mass is 32.1. The Morgan fingerprint density at radius 2 is 1.85 bits per heavy atom. The molecule has 1 amide bonds. The number of hydrogen-bond acceptors (Lipinski definition) is 6. The first-order chi connectivity index (χ1) is 16.6. The number of pyridine rings is 1. The first-order valence-electron chi connectivity index (χ1n) is 11.8. The lowest BCUT2D eigenvalue weighted by molar-refractivity contribution is 0.194. The van der Waals surface area contributed by atoms with Crippen molar-refractivity contribution in [2.24, 2.45) is 0 Å². The molecule has 34 heavy (non-hydrogen) atoms. The summed E-state index contributed by atoms with van der Waals surface area (Å²) in [4.78, 5) is 19.9. The third-order valence-corrected chi connectivity index (χ3v) is 6.80. The second-order valence-electron chi connectivity index (χ2n) is 8.48. The van der Waals surface area contributed by atoms with E-state index in [0.29, 0.717) is 12.4 Å². The fourth-order valence-electron chi connectivity index (χ4n) is 4.10. The molecule has 3 heterocycles. The first kappa shape index (κ1) is 24.0. The maximum atomic E-state index is 10.5. The Kier molecular flexibility index (Phi) is 7.97. The van der Waals surface area contributed by atoms with Crippen molar-refractivity contribution in [3.63, 3.8) is 0 Å². The molecule has 4 aromatic rings. The van der Waals surface area contributed by atoms with E-state index >= 15 is 0 Å². The minimum Gasteiger partial charge on any atom is -0.465 e. The van der Waals surface area contributed by atoms with Gasteiger partial charge in [-0.1, -0.05) is 37.6 Å². The highest BCUT2D eigenvalue weighted by Gasteiger charge is 2.18. The Labute approximate surface area is 203 Å². The fraction of sp³-hybridized carbons (Fsp3) is 0.400. The Morgan fingerprint density at radius 1 is 1.09 bits per heavy atom. The van der Waals surface area contributed by atoms with Crippen molar-refractivity contribution in [1.82, 2.24) is 25.2 Å². The minimum atomic E-state index is -0.964. The Hall–Kier alpha value is -3.17. The van der Waals surface area contributed by atoms with E-state index in [1.807, 2.05) is 6.07 Å². The number of fused-ring (bicyclic) bond motifs is 3. The molecule has 0 aliphatic heterocycles. The van der Waals surface area contributed by atoms with Crippen LogP contribution in [-0.4, -0.2) is 38.8 Å². The van der Waals surface area contributed by atoms with Crippen molar-refractivity contribution >= 4 is 44.5 Å². The molecule has 5 N–H and O–H groups in total. The predicted octanol–water partition coefficient (Wildman–Crippen LogP) is 4.76. The molecule has 0 bridgehead atoms. The van der Waals surface area contributed by atoms with Gasteiger partial charge in [-0.15, -0.1) is 11.3 Å². The Balaban J connectivity index is 1.45. The Bertz CT molecular complexity index is 1250. The van der Waals surface area contributed by atoms with Gasteiger partial charge in [-0.2, -0.15) is 0 Å². The number of unbranched alkanes of at least 4 members (excludes halogenated alkanes) is 2. The molecule has 4 rings (SSSR count). The van der Waals surface area contributed by atoms with E-state index in [1.54, 1.807) is 11.3 Å². The van der Waals surface area contributed by atoms with Gasteiger partial charge in [0.05, 0.1) is 15.7 Å². The molecule has 0 saturated carbocycles. The number of nitrogens with zero attached hydrogens (tertiary/aromatic N) is 3. The van der Waals surface area contributed by atoms with Crippen LogP contribution in [0.5, 0.6) is 0 Å². The molecule has 0 saturated heterocycles. The summed E-state index contributed by atoms with van der Waals surface area (Å²) in [5.74, 6) is 1.56. The summed E-state index contributed by atoms with van der Waals surface area (Å²) in [7, 11) is 0. The lowest BCUT2D eigenvalue weighted by atomic mass is 10.1. The van der Waals surface area contributed by atoms with Gasteiger partial charge in [-0.25, -0.2) is 14.8 Å². The molecular weight excluding hydrogens is 448 g/mol. The van der Waals surface area contributed by atoms with Gasteiger partial charge < -0.3 is 26.0 Å². The fourth-order valence-corrected chi connectivity index (χ4v) is 4.99. The number of amides is 1. The monoisotopic (exact) mass is 480 g/mol. The van der Waals surface area contributed by atoms with Crippen LogP contribution in [0.4, 0.5) is 10.6 Å². The summed E-state index contributed by atoms with van der Waals surface area (Å²) in [5.41, 5.74) is 11.6. The molecule has 3 aromatic heterocycles. The van der Waals surface area contributed by atoms with E-state index in [0.717, 1.165) is 78.8 Å². The number of aryl methyl sites for hydroxylation is 1. The van der Waals surface area contributed by atoms with E-state index < -0.39 is 6.09 Å². The second kappa shape index (κ2) is 11.3. The van der Waals surface area contributed by atoms with Crippen molar-refractivity contribution in [2.45, 2.75) is 52.1 Å². The summed E-state index contributed by atoms with van der Waals surface area (Å²) in [6, 6.07) is 10.7. The smallest absolute Gasteiger partial charge is 0.404 e. The third-order valence-electron chi connectivity index (χ3n) is 5.89. The van der Waals surface area contributed by atoms with Gasteiger partial charge in [-0.05, 0) is 48.4 Å². The predicted molar refractivity (Wildman–Crippen MR) is 138 cm³/mol. The number of aromatic nitrogens is 3. The van der Waals surface area contributed by atoms with Crippen LogP contribution in [-0.2, 0) is 19.5 Å². The maximum Gasteiger partial charge on any atom is 0.404 e. The van der Waals surface area contributed by atoms with Crippen molar-refractivity contribution < 1.29 is 9.90 Å². The standard InChI is InChI=1S/C25H32N6O2S/c1-2-3-6-20-30-21-22(23-19(11-14-34-23)29-24(21)26)31(20)16-18-9-7-17(8-10-18)15-27-12-4-5-13-28-25(32)33/h7-11,14,27-28H,2-6,12-13,15-16H2,1H3,(H2,26,29)(H,32,33). The molecule has 9 heteroatoms. The van der Waals surface area contributed by atoms with Gasteiger partial charge in [-0.3, -0.25) is 0 Å². The number of nitrogens with one attached hydrogen (secondary N) is 2. The van der Waals surface area contributed by atoms with Crippen molar-refractivity contribution in [2.75, 3.05) is 18.8 Å². The number of hydrogen-bond donors (Lipinski definition) is 4. The molecule has 0 unspecified atom stereocenters. The lowest BCUT2D eigenvalue weighted by Crippen LogP contribution is -2.23. The molecule has 0 atom stereocenters. The second-order valence-corrected chi connectivity index (χ2v) is 9.40. The quantitative estimate of drug-likeness (QED) is 0.217. The number of thiophene rings is 1. The van der Waals surface area contributed by atoms with E-state index in [-0.39, 0.29) is 0 Å². The van der Waals surface area contributed by atoms with Gasteiger partial charge in [0.2, 0.25) is 0 Å². The molecule has 8 nitrogen and oxygen atoms in total. The molecular formula is C25H32N6O2S. The number of carboxylic acid groups (broad SMARTS) is 1. The maximum absolute atomic E-state index is 10.5. The largest absolute Gasteiger partial charge is 0.465 e. The zero-order valence-corrected chi connectivity index (χ0v) is 20.3. The van der Waals surface area contributed by atoms with Crippen molar-refractivity contribution in [3.05, 3.63) is 52.7 Å². The summed E-state index contributed by atoms with van der Waals surface area (Å²) in [6.45, 7) is 5.09. The van der Waals surface area contributed by atoms with Crippen molar-refractivity contribution in [1.29, 1.82) is 0 Å². The van der Waals surface area contributed by atoms with Gasteiger partial charge in [0.1, 0.15) is 11.3 Å². The first-order valence-corrected chi connectivity index (χ1v) is 12.7. The van der Waals surface area contributed by atoms with Crippen LogP contribution < -0.4 is 16.4 Å². The zero-order valence-electron chi connectivity index (χ0n) is 19.5. The average molecular weight is 481 g/mol. The normalized spacial score (nSPS) is 11.4. The lowest BCUT2D eigenvalue weighted by Gasteiger charge is -2.11. The van der Waals surface area contributed by atoms with Crippen LogP contribution in [0, 0.1) is 0 Å². The molecule has 0 radical (unpaired) electrons. The molecule has 0 fully saturated rings. The number of nitrogen functional groups attached to an aromatic ring is 1. The molecule has 0 spiro atoms. The topological polar surface area (TPSA) is 118 Å². The van der Waals surface area contributed by atoms with E-state index in [2.05, 4.69) is 56.8 Å². The molecule has 0 aliphatic rings. The average Bonchev–Trinajstić information content (AvgIpc) is 3.42. The van der Waals surface area contributed by atoms with Crippen LogP contribution in [0.2, 0.25) is 0 Å². The van der Waals surface area contributed by atoms with Crippen molar-refractivity contribution in [3.8, 4) is 0 Å². The van der Waals surface area contributed by atoms with Crippen LogP contribution in [0.3, 0.4) is 0 Å². The van der Waals surface area contributed by atoms with Crippen LogP contribution in [0.15, 0.2) is 35.7 Å². The number of benzene rings is 1. The van der Waals surface area contributed by atoms with Crippen LogP contribution in [0.1, 0.15) is 49.6 Å². The number of carbonyl (C=O) groups is 1. The number of nitrogens with two attached hydrogens (primary N) is 1. The minimum absolute atomic E-state index is 0.494. The summed E-state index contributed by atoms with van der Waals surface area (Å²) in [6.07, 6.45) is 3.91. The van der Waals surface area contributed by atoms with E-state index in [1.165, 1.54) is 11.1 Å². The van der Waals surface area contributed by atoms with E-state index in [9.17, 15) is 4.79 Å². The SMILES string of the molecule is CCCCc1nc2c(N)nc3ccsc3c2n1Cc1ccc(CNCCCCNC(=O)O)cc1. The Morgan fingerprint density at radius 3 is 2.62 bits per heavy atom. The zero-order chi connectivity index (χ0) is 23.9. The van der Waals surface area contributed by atoms with Crippen LogP contribution in [0.25, 0.3) is 21.3 Å². The molecule has 1 aromatic carbocycles. The highest BCUT2D eigenvalue weighted by molar-refractivity contribution is 7.18. The number of anilines is 1.